The van der Waals surface area contributed by atoms with Crippen LogP contribution in [-0.4, -0.2) is 0 Å². The van der Waals surface area contributed by atoms with Crippen LogP contribution in [0.5, 0.6) is 0 Å². The molecule has 2 rings (SSSR count). The Bertz CT molecular complexity index is 603. The van der Waals surface area contributed by atoms with Crippen LogP contribution in [0.3, 0.4) is 0 Å². The van der Waals surface area contributed by atoms with Crippen molar-refractivity contribution < 1.29 is 4.39 Å². The van der Waals surface area contributed by atoms with E-state index in [1.807, 2.05) is 42.5 Å². The monoisotopic (exact) mass is 284 g/mol. The normalized spacial score (nSPS) is 12.5. The first-order chi connectivity index (χ1) is 9.69. The second-order valence-corrected chi connectivity index (χ2v) is 7.68. The zero-order valence-electron chi connectivity index (χ0n) is 13.7. The van der Waals surface area contributed by atoms with Crippen molar-refractivity contribution in [3.05, 3.63) is 59.9 Å². The van der Waals surface area contributed by atoms with Crippen molar-refractivity contribution >= 4 is 0 Å². The molecule has 0 amide bonds. The standard InChI is InChI=1S/C20H25F/c1-19(2,3)14-20(4,5)16-11-12-18(21)17(13-16)15-9-7-6-8-10-15/h6-13H,14H2,1-5H3. The van der Waals surface area contributed by atoms with E-state index < -0.39 is 0 Å². The number of benzene rings is 2. The zero-order valence-corrected chi connectivity index (χ0v) is 13.7. The molecule has 0 heterocycles. The second kappa shape index (κ2) is 5.63. The average Bonchev–Trinajstić information content (AvgIpc) is 2.37. The Morgan fingerprint density at radius 3 is 2.05 bits per heavy atom. The van der Waals surface area contributed by atoms with Gasteiger partial charge < -0.3 is 0 Å². The van der Waals surface area contributed by atoms with Gasteiger partial charge in [-0.05, 0) is 40.5 Å². The van der Waals surface area contributed by atoms with Crippen LogP contribution >= 0.6 is 0 Å². The van der Waals surface area contributed by atoms with E-state index >= 15 is 0 Å². The van der Waals surface area contributed by atoms with E-state index in [0.29, 0.717) is 5.56 Å². The Labute approximate surface area is 128 Å². The van der Waals surface area contributed by atoms with Crippen molar-refractivity contribution in [1.29, 1.82) is 0 Å². The number of halogens is 1. The van der Waals surface area contributed by atoms with Crippen LogP contribution in [0.1, 0.15) is 46.6 Å². The Balaban J connectivity index is 2.44. The molecule has 1 heteroatoms. The first kappa shape index (κ1) is 15.8. The van der Waals surface area contributed by atoms with Crippen LogP contribution in [0.15, 0.2) is 48.5 Å². The van der Waals surface area contributed by atoms with Gasteiger partial charge in [0.05, 0.1) is 0 Å². The van der Waals surface area contributed by atoms with Crippen LogP contribution in [0.25, 0.3) is 11.1 Å². The molecule has 0 aromatic heterocycles. The Morgan fingerprint density at radius 2 is 1.48 bits per heavy atom. The van der Waals surface area contributed by atoms with Crippen LogP contribution in [0.2, 0.25) is 0 Å². The van der Waals surface area contributed by atoms with E-state index in [1.54, 1.807) is 6.07 Å². The Morgan fingerprint density at radius 1 is 0.857 bits per heavy atom. The van der Waals surface area contributed by atoms with Gasteiger partial charge in [0.2, 0.25) is 0 Å². The fourth-order valence-electron chi connectivity index (χ4n) is 3.21. The summed E-state index contributed by atoms with van der Waals surface area (Å²) < 4.78 is 14.2. The molecule has 2 aromatic carbocycles. The van der Waals surface area contributed by atoms with Crippen molar-refractivity contribution in [2.75, 3.05) is 0 Å². The molecule has 0 N–H and O–H groups in total. The summed E-state index contributed by atoms with van der Waals surface area (Å²) in [5.41, 5.74) is 3.08. The Hall–Kier alpha value is -1.63. The summed E-state index contributed by atoms with van der Waals surface area (Å²) in [4.78, 5) is 0. The van der Waals surface area contributed by atoms with Crippen molar-refractivity contribution in [2.45, 2.75) is 46.5 Å². The third-order valence-corrected chi connectivity index (χ3v) is 3.80. The highest BCUT2D eigenvalue weighted by atomic mass is 19.1. The molecule has 112 valence electrons. The molecule has 0 radical (unpaired) electrons. The van der Waals surface area contributed by atoms with E-state index in [2.05, 4.69) is 34.6 Å². The fourth-order valence-corrected chi connectivity index (χ4v) is 3.21. The minimum Gasteiger partial charge on any atom is -0.206 e. The smallest absolute Gasteiger partial charge is 0.131 e. The highest BCUT2D eigenvalue weighted by Crippen LogP contribution is 2.38. The summed E-state index contributed by atoms with van der Waals surface area (Å²) in [6, 6.07) is 15.3. The van der Waals surface area contributed by atoms with Gasteiger partial charge in [-0.25, -0.2) is 4.39 Å². The summed E-state index contributed by atoms with van der Waals surface area (Å²) in [5, 5.41) is 0. The van der Waals surface area contributed by atoms with Crippen LogP contribution < -0.4 is 0 Å². The van der Waals surface area contributed by atoms with Crippen LogP contribution in [-0.2, 0) is 5.41 Å². The predicted octanol–water partition coefficient (Wildman–Crippen LogP) is 6.21. The van der Waals surface area contributed by atoms with Gasteiger partial charge in [0, 0.05) is 5.56 Å². The molecule has 0 saturated heterocycles. The molecule has 0 aliphatic heterocycles. The lowest BCUT2D eigenvalue weighted by Gasteiger charge is -2.33. The maximum absolute atomic E-state index is 14.2. The molecule has 0 aliphatic rings. The number of rotatable bonds is 3. The van der Waals surface area contributed by atoms with E-state index in [9.17, 15) is 4.39 Å². The lowest BCUT2D eigenvalue weighted by atomic mass is 9.72. The van der Waals surface area contributed by atoms with Gasteiger partial charge in [0.15, 0.2) is 0 Å². The molecule has 0 fully saturated rings. The quantitative estimate of drug-likeness (QED) is 0.629. The van der Waals surface area contributed by atoms with Gasteiger partial charge in [-0.3, -0.25) is 0 Å². The molecule has 2 aromatic rings. The molecule has 0 aliphatic carbocycles. The fraction of sp³-hybridized carbons (Fsp3) is 0.400. The first-order valence-corrected chi connectivity index (χ1v) is 7.54. The zero-order chi connectivity index (χ0) is 15.7. The molecular weight excluding hydrogens is 259 g/mol. The first-order valence-electron chi connectivity index (χ1n) is 7.54. The van der Waals surface area contributed by atoms with Crippen LogP contribution in [0.4, 0.5) is 4.39 Å². The van der Waals surface area contributed by atoms with Gasteiger partial charge >= 0.3 is 0 Å². The molecular formula is C20H25F. The minimum absolute atomic E-state index is 0.0233. The molecule has 21 heavy (non-hydrogen) atoms. The third kappa shape index (κ3) is 3.93. The van der Waals surface area contributed by atoms with Gasteiger partial charge in [0.1, 0.15) is 5.82 Å². The van der Waals surface area contributed by atoms with Crippen molar-refractivity contribution in [2.24, 2.45) is 5.41 Å². The van der Waals surface area contributed by atoms with Crippen molar-refractivity contribution in [3.8, 4) is 11.1 Å². The molecule has 0 unspecified atom stereocenters. The molecule has 0 nitrogen and oxygen atoms in total. The highest BCUT2D eigenvalue weighted by Gasteiger charge is 2.27. The number of hydrogen-bond donors (Lipinski definition) is 0. The second-order valence-electron chi connectivity index (χ2n) is 7.68. The topological polar surface area (TPSA) is 0 Å². The molecule has 0 saturated carbocycles. The van der Waals surface area contributed by atoms with Gasteiger partial charge in [-0.2, -0.15) is 0 Å². The summed E-state index contributed by atoms with van der Waals surface area (Å²) in [7, 11) is 0. The van der Waals surface area contributed by atoms with Gasteiger partial charge in [0.25, 0.3) is 0 Å². The van der Waals surface area contributed by atoms with Gasteiger partial charge in [-0.1, -0.05) is 71.0 Å². The highest BCUT2D eigenvalue weighted by molar-refractivity contribution is 5.65. The third-order valence-electron chi connectivity index (χ3n) is 3.80. The Kier molecular flexibility index (Phi) is 4.22. The molecule has 0 bridgehead atoms. The van der Waals surface area contributed by atoms with Gasteiger partial charge in [-0.15, -0.1) is 0 Å². The maximum Gasteiger partial charge on any atom is 0.131 e. The van der Waals surface area contributed by atoms with E-state index in [-0.39, 0.29) is 16.6 Å². The predicted molar refractivity (Wildman–Crippen MR) is 88.9 cm³/mol. The summed E-state index contributed by atoms with van der Waals surface area (Å²) in [6.07, 6.45) is 1.06. The summed E-state index contributed by atoms with van der Waals surface area (Å²) in [6.45, 7) is 11.2. The van der Waals surface area contributed by atoms with E-state index in [4.69, 9.17) is 0 Å². The lowest BCUT2D eigenvalue weighted by molar-refractivity contribution is 0.284. The lowest BCUT2D eigenvalue weighted by Crippen LogP contribution is -2.24. The van der Waals surface area contributed by atoms with E-state index in [1.165, 1.54) is 5.56 Å². The maximum atomic E-state index is 14.2. The van der Waals surface area contributed by atoms with Crippen LogP contribution in [0, 0.1) is 11.2 Å². The van der Waals surface area contributed by atoms with E-state index in [0.717, 1.165) is 12.0 Å². The molecule has 0 atom stereocenters. The molecule has 0 spiro atoms. The average molecular weight is 284 g/mol. The summed E-state index contributed by atoms with van der Waals surface area (Å²) in [5.74, 6) is -0.156. The largest absolute Gasteiger partial charge is 0.206 e. The minimum atomic E-state index is -0.156. The van der Waals surface area contributed by atoms with Crippen molar-refractivity contribution in [1.82, 2.24) is 0 Å². The SMILES string of the molecule is CC(C)(C)CC(C)(C)c1ccc(F)c(-c2ccccc2)c1. The number of hydrogen-bond acceptors (Lipinski definition) is 0. The summed E-state index contributed by atoms with van der Waals surface area (Å²) >= 11 is 0. The van der Waals surface area contributed by atoms with Crippen molar-refractivity contribution in [3.63, 3.8) is 0 Å².